The number of rotatable bonds is 11. The number of thioether (sulfide) groups is 1. The maximum atomic E-state index is 12.9. The molecule has 186 valence electrons. The van der Waals surface area contributed by atoms with Gasteiger partial charge in [0.2, 0.25) is 0 Å². The molecule has 2 aromatic carbocycles. The average molecular weight is 599 g/mol. The fourth-order valence-corrected chi connectivity index (χ4v) is 5.37. The number of ether oxygens (including phenoxy) is 3. The fraction of sp³-hybridized carbons (Fsp3) is 0.320. The first-order valence-corrected chi connectivity index (χ1v) is 13.3. The molecule has 1 fully saturated rings. The second-order valence-electron chi connectivity index (χ2n) is 7.67. The van der Waals surface area contributed by atoms with Crippen LogP contribution in [0.15, 0.2) is 45.8 Å². The molecule has 1 aliphatic heterocycles. The lowest BCUT2D eigenvalue weighted by Gasteiger charge is -2.14. The summed E-state index contributed by atoms with van der Waals surface area (Å²) in [5, 5.41) is 0.667. The van der Waals surface area contributed by atoms with E-state index < -0.39 is 0 Å². The number of carbonyl (C=O) groups excluding carboxylic acids is 2. The summed E-state index contributed by atoms with van der Waals surface area (Å²) in [6.45, 7) is 0.872. The third-order valence-corrected chi connectivity index (χ3v) is 7.43. The number of nitrogens with zero attached hydrogens (tertiary/aromatic N) is 1. The van der Waals surface area contributed by atoms with Gasteiger partial charge in [-0.2, -0.15) is 0 Å². The highest BCUT2D eigenvalue weighted by atomic mass is 79.9. The number of unbranched alkanes of at least 4 members (excludes halogenated alkanes) is 2. The SMILES string of the molecule is COC(=O)CCCCCN1C(=O)/C(=C/c2cc(Br)c(OCc3ccc(Cl)cc3)c(OC)c2)SC1=S. The number of thiocarbonyl (C=S) groups is 1. The number of amides is 1. The van der Waals surface area contributed by atoms with Gasteiger partial charge in [-0.1, -0.05) is 54.1 Å². The van der Waals surface area contributed by atoms with E-state index in [1.54, 1.807) is 18.1 Å². The minimum absolute atomic E-state index is 0.119. The maximum Gasteiger partial charge on any atom is 0.305 e. The number of halogens is 2. The number of methoxy groups -OCH3 is 2. The molecule has 3 rings (SSSR count). The molecule has 1 amide bonds. The number of carbonyl (C=O) groups is 2. The van der Waals surface area contributed by atoms with E-state index in [2.05, 4.69) is 20.7 Å². The molecule has 0 aromatic heterocycles. The van der Waals surface area contributed by atoms with Gasteiger partial charge in [-0.15, -0.1) is 0 Å². The summed E-state index contributed by atoms with van der Waals surface area (Å²) >= 11 is 16.2. The molecule has 1 saturated heterocycles. The van der Waals surface area contributed by atoms with E-state index in [9.17, 15) is 9.59 Å². The van der Waals surface area contributed by atoms with Crippen molar-refractivity contribution < 1.29 is 23.8 Å². The molecule has 0 bridgehead atoms. The maximum absolute atomic E-state index is 12.9. The van der Waals surface area contributed by atoms with Gasteiger partial charge < -0.3 is 14.2 Å². The monoisotopic (exact) mass is 597 g/mol. The van der Waals surface area contributed by atoms with E-state index in [0.29, 0.717) is 49.8 Å². The van der Waals surface area contributed by atoms with Gasteiger partial charge in [0.15, 0.2) is 11.5 Å². The molecule has 1 aliphatic rings. The molecular weight excluding hydrogens is 574 g/mol. The van der Waals surface area contributed by atoms with E-state index >= 15 is 0 Å². The van der Waals surface area contributed by atoms with E-state index in [0.717, 1.165) is 30.4 Å². The number of benzene rings is 2. The van der Waals surface area contributed by atoms with Crippen LogP contribution in [0.4, 0.5) is 0 Å². The van der Waals surface area contributed by atoms with E-state index in [1.165, 1.54) is 18.9 Å². The molecule has 1 heterocycles. The third kappa shape index (κ3) is 7.70. The van der Waals surface area contributed by atoms with Crippen LogP contribution in [0, 0.1) is 0 Å². The smallest absolute Gasteiger partial charge is 0.305 e. The summed E-state index contributed by atoms with van der Waals surface area (Å²) in [5.74, 6) is 0.771. The Bertz CT molecular complexity index is 1120. The normalized spacial score (nSPS) is 14.5. The van der Waals surface area contributed by atoms with Crippen LogP contribution in [-0.2, 0) is 20.9 Å². The molecular formula is C25H25BrClNO5S2. The van der Waals surface area contributed by atoms with E-state index in [1.807, 2.05) is 36.4 Å². The third-order valence-electron chi connectivity index (χ3n) is 5.21. The Morgan fingerprint density at radius 2 is 1.91 bits per heavy atom. The summed E-state index contributed by atoms with van der Waals surface area (Å²) in [5.41, 5.74) is 1.76. The van der Waals surface area contributed by atoms with Gasteiger partial charge in [0.05, 0.1) is 23.6 Å². The molecule has 0 atom stereocenters. The fourth-order valence-electron chi connectivity index (χ4n) is 3.36. The molecule has 2 aromatic rings. The summed E-state index contributed by atoms with van der Waals surface area (Å²) in [4.78, 5) is 26.3. The van der Waals surface area contributed by atoms with Gasteiger partial charge in [-0.25, -0.2) is 0 Å². The zero-order chi connectivity index (χ0) is 25.4. The summed E-state index contributed by atoms with van der Waals surface area (Å²) in [6.07, 6.45) is 4.47. The lowest BCUT2D eigenvalue weighted by molar-refractivity contribution is -0.140. The van der Waals surface area contributed by atoms with Crippen LogP contribution in [0.25, 0.3) is 6.08 Å². The van der Waals surface area contributed by atoms with Gasteiger partial charge in [-0.3, -0.25) is 14.5 Å². The van der Waals surface area contributed by atoms with Crippen LogP contribution in [0.1, 0.15) is 36.8 Å². The first-order chi connectivity index (χ1) is 16.8. The zero-order valence-electron chi connectivity index (χ0n) is 19.3. The zero-order valence-corrected chi connectivity index (χ0v) is 23.3. The first-order valence-electron chi connectivity index (χ1n) is 10.9. The number of hydrogen-bond acceptors (Lipinski definition) is 7. The second kappa shape index (κ2) is 13.3. The Kier molecular flexibility index (Phi) is 10.5. The molecule has 0 N–H and O–H groups in total. The summed E-state index contributed by atoms with van der Waals surface area (Å²) in [6, 6.07) is 11.1. The average Bonchev–Trinajstić information content (AvgIpc) is 3.10. The van der Waals surface area contributed by atoms with Crippen molar-refractivity contribution in [3.05, 3.63) is 61.9 Å². The second-order valence-corrected chi connectivity index (χ2v) is 10.6. The van der Waals surface area contributed by atoms with Crippen molar-refractivity contribution in [3.63, 3.8) is 0 Å². The van der Waals surface area contributed by atoms with E-state index in [4.69, 9.17) is 33.3 Å². The standard InChI is InChI=1S/C25H25BrClNO5S2/c1-31-20-13-17(12-19(26)23(20)33-15-16-7-9-18(27)10-8-16)14-21-24(30)28(25(34)35-21)11-5-3-4-6-22(29)32-2/h7-10,12-14H,3-6,11,15H2,1-2H3/b21-14-. The van der Waals surface area contributed by atoms with E-state index in [-0.39, 0.29) is 11.9 Å². The highest BCUT2D eigenvalue weighted by Gasteiger charge is 2.31. The van der Waals surface area contributed by atoms with Crippen LogP contribution in [0.3, 0.4) is 0 Å². The summed E-state index contributed by atoms with van der Waals surface area (Å²) in [7, 11) is 2.95. The van der Waals surface area contributed by atoms with Crippen LogP contribution >= 0.6 is 51.5 Å². The molecule has 10 heteroatoms. The molecule has 0 radical (unpaired) electrons. The van der Waals surface area contributed by atoms with Gasteiger partial charge in [-0.05, 0) is 70.2 Å². The van der Waals surface area contributed by atoms with Crippen molar-refractivity contribution in [2.24, 2.45) is 0 Å². The quantitative estimate of drug-likeness (QED) is 0.125. The van der Waals surface area contributed by atoms with Crippen molar-refractivity contribution in [2.45, 2.75) is 32.3 Å². The van der Waals surface area contributed by atoms with Crippen molar-refractivity contribution >= 4 is 73.8 Å². The largest absolute Gasteiger partial charge is 0.493 e. The van der Waals surface area contributed by atoms with Crippen molar-refractivity contribution in [2.75, 3.05) is 20.8 Å². The van der Waals surface area contributed by atoms with Crippen LogP contribution in [-0.4, -0.2) is 41.9 Å². The molecule has 6 nitrogen and oxygen atoms in total. The van der Waals surface area contributed by atoms with Crippen molar-refractivity contribution in [3.8, 4) is 11.5 Å². The Morgan fingerprint density at radius 1 is 1.17 bits per heavy atom. The minimum atomic E-state index is -0.221. The molecule has 0 unspecified atom stereocenters. The van der Waals surface area contributed by atoms with Crippen LogP contribution in [0.2, 0.25) is 5.02 Å². The van der Waals surface area contributed by atoms with Crippen molar-refractivity contribution in [1.82, 2.24) is 4.90 Å². The molecule has 0 aliphatic carbocycles. The Hall–Kier alpha value is -2.07. The van der Waals surface area contributed by atoms with Gasteiger partial charge >= 0.3 is 5.97 Å². The Balaban J connectivity index is 1.65. The molecule has 35 heavy (non-hydrogen) atoms. The predicted octanol–water partition coefficient (Wildman–Crippen LogP) is 6.62. The lowest BCUT2D eigenvalue weighted by Crippen LogP contribution is -2.29. The van der Waals surface area contributed by atoms with Gasteiger partial charge in [0.25, 0.3) is 5.91 Å². The molecule has 0 saturated carbocycles. The highest BCUT2D eigenvalue weighted by Crippen LogP contribution is 2.39. The number of hydrogen-bond donors (Lipinski definition) is 0. The minimum Gasteiger partial charge on any atom is -0.493 e. The van der Waals surface area contributed by atoms with Crippen LogP contribution in [0.5, 0.6) is 11.5 Å². The number of esters is 1. The summed E-state index contributed by atoms with van der Waals surface area (Å²) < 4.78 is 17.4. The predicted molar refractivity (Wildman–Crippen MR) is 147 cm³/mol. The van der Waals surface area contributed by atoms with Gasteiger partial charge in [0.1, 0.15) is 10.9 Å². The topological polar surface area (TPSA) is 65.1 Å². The molecule has 0 spiro atoms. The van der Waals surface area contributed by atoms with Crippen molar-refractivity contribution in [1.29, 1.82) is 0 Å². The Morgan fingerprint density at radius 3 is 2.60 bits per heavy atom. The van der Waals surface area contributed by atoms with Crippen LogP contribution < -0.4 is 9.47 Å². The Labute approximate surface area is 228 Å². The van der Waals surface area contributed by atoms with Gasteiger partial charge in [0, 0.05) is 18.0 Å². The highest BCUT2D eigenvalue weighted by molar-refractivity contribution is 9.10. The lowest BCUT2D eigenvalue weighted by atomic mass is 10.1. The first kappa shape index (κ1) is 27.5.